The van der Waals surface area contributed by atoms with Crippen LogP contribution in [0.1, 0.15) is 21.6 Å². The summed E-state index contributed by atoms with van der Waals surface area (Å²) in [6.07, 6.45) is 1.99. The van der Waals surface area contributed by atoms with E-state index in [1.165, 1.54) is 0 Å². The Hall–Kier alpha value is -2.00. The van der Waals surface area contributed by atoms with Crippen LogP contribution in [0.3, 0.4) is 0 Å². The summed E-state index contributed by atoms with van der Waals surface area (Å²) in [7, 11) is 0. The lowest BCUT2D eigenvalue weighted by atomic mass is 10.0. The topological polar surface area (TPSA) is 32.9 Å². The molecule has 100 valence electrons. The lowest BCUT2D eigenvalue weighted by Crippen LogP contribution is -2.04. The maximum Gasteiger partial charge on any atom is 0.196 e. The minimum atomic E-state index is 0.0879. The largest absolute Gasteiger partial charge is 0.358 e. The van der Waals surface area contributed by atoms with Gasteiger partial charge in [0.25, 0.3) is 0 Å². The van der Waals surface area contributed by atoms with Crippen molar-refractivity contribution in [3.8, 4) is 0 Å². The lowest BCUT2D eigenvalue weighted by Gasteiger charge is -2.06. The fraction of sp³-hybridized carbons (Fsp3) is 0.118. The number of ketones is 1. The predicted molar refractivity (Wildman–Crippen MR) is 84.7 cm³/mol. The molecule has 3 aromatic rings. The maximum absolute atomic E-state index is 12.9. The van der Waals surface area contributed by atoms with Crippen molar-refractivity contribution in [2.24, 2.45) is 0 Å². The van der Waals surface area contributed by atoms with Crippen LogP contribution in [0.5, 0.6) is 0 Å². The average molecular weight is 281 g/mol. The Bertz CT molecular complexity index is 789. The summed E-state index contributed by atoms with van der Waals surface area (Å²) in [5, 5.41) is 0.992. The first-order chi connectivity index (χ1) is 9.72. The van der Waals surface area contributed by atoms with Gasteiger partial charge in [0.2, 0.25) is 0 Å². The second kappa shape index (κ2) is 5.17. The molecular formula is C17H15NOS. The molecule has 0 aliphatic rings. The molecule has 3 heteroatoms. The van der Waals surface area contributed by atoms with Crippen LogP contribution in [0.2, 0.25) is 0 Å². The summed E-state index contributed by atoms with van der Waals surface area (Å²) in [4.78, 5) is 17.2. The summed E-state index contributed by atoms with van der Waals surface area (Å²) in [6.45, 7) is 1.95. The third-order valence-corrected chi connectivity index (χ3v) is 4.27. The Morgan fingerprint density at radius 3 is 2.55 bits per heavy atom. The number of thioether (sulfide) groups is 1. The van der Waals surface area contributed by atoms with E-state index in [1.54, 1.807) is 11.8 Å². The number of aromatic amines is 1. The molecule has 1 aromatic heterocycles. The van der Waals surface area contributed by atoms with Crippen LogP contribution in [0.4, 0.5) is 0 Å². The molecule has 0 radical (unpaired) electrons. The number of aryl methyl sites for hydroxylation is 1. The van der Waals surface area contributed by atoms with Crippen molar-refractivity contribution in [3.05, 3.63) is 65.4 Å². The van der Waals surface area contributed by atoms with Gasteiger partial charge < -0.3 is 4.98 Å². The first-order valence-corrected chi connectivity index (χ1v) is 7.70. The number of para-hydroxylation sites is 1. The smallest absolute Gasteiger partial charge is 0.196 e. The van der Waals surface area contributed by atoms with Gasteiger partial charge in [-0.15, -0.1) is 11.8 Å². The minimum Gasteiger partial charge on any atom is -0.358 e. The minimum absolute atomic E-state index is 0.0879. The van der Waals surface area contributed by atoms with Gasteiger partial charge in [0.05, 0.1) is 5.56 Å². The van der Waals surface area contributed by atoms with Crippen molar-refractivity contribution < 1.29 is 4.79 Å². The standard InChI is InChI=1S/C17H15NOS/c1-11-16(12-7-3-5-9-14(12)18-11)17(19)13-8-4-6-10-15(13)20-2/h3-10,18H,1-2H3. The van der Waals surface area contributed by atoms with Gasteiger partial charge in [0.1, 0.15) is 0 Å². The van der Waals surface area contributed by atoms with Gasteiger partial charge in [-0.2, -0.15) is 0 Å². The molecule has 2 aromatic carbocycles. The van der Waals surface area contributed by atoms with Crippen LogP contribution in [0, 0.1) is 6.92 Å². The van der Waals surface area contributed by atoms with Crippen LogP contribution in [-0.2, 0) is 0 Å². The van der Waals surface area contributed by atoms with Crippen molar-refractivity contribution in [3.63, 3.8) is 0 Å². The number of carbonyl (C=O) groups is 1. The van der Waals surface area contributed by atoms with Crippen molar-refractivity contribution in [1.29, 1.82) is 0 Å². The van der Waals surface area contributed by atoms with Gasteiger partial charge in [0, 0.05) is 27.1 Å². The predicted octanol–water partition coefficient (Wildman–Crippen LogP) is 4.43. The van der Waals surface area contributed by atoms with E-state index < -0.39 is 0 Å². The van der Waals surface area contributed by atoms with Crippen molar-refractivity contribution in [1.82, 2.24) is 4.98 Å². The number of rotatable bonds is 3. The van der Waals surface area contributed by atoms with Gasteiger partial charge in [0.15, 0.2) is 5.78 Å². The molecular weight excluding hydrogens is 266 g/mol. The molecule has 20 heavy (non-hydrogen) atoms. The van der Waals surface area contributed by atoms with Gasteiger partial charge in [-0.3, -0.25) is 4.79 Å². The Kier molecular flexibility index (Phi) is 3.36. The van der Waals surface area contributed by atoms with Gasteiger partial charge in [-0.25, -0.2) is 0 Å². The van der Waals surface area contributed by atoms with Crippen molar-refractivity contribution >= 4 is 28.4 Å². The Morgan fingerprint density at radius 2 is 1.75 bits per heavy atom. The Balaban J connectivity index is 2.20. The van der Waals surface area contributed by atoms with E-state index in [0.29, 0.717) is 0 Å². The number of carbonyl (C=O) groups excluding carboxylic acids is 1. The number of benzene rings is 2. The number of aromatic nitrogens is 1. The zero-order valence-corrected chi connectivity index (χ0v) is 12.3. The maximum atomic E-state index is 12.9. The highest BCUT2D eigenvalue weighted by molar-refractivity contribution is 7.98. The third kappa shape index (κ3) is 2.04. The monoisotopic (exact) mass is 281 g/mol. The fourth-order valence-electron chi connectivity index (χ4n) is 2.54. The van der Waals surface area contributed by atoms with Crippen LogP contribution in [-0.4, -0.2) is 17.0 Å². The highest BCUT2D eigenvalue weighted by Gasteiger charge is 2.19. The zero-order valence-electron chi connectivity index (χ0n) is 11.4. The quantitative estimate of drug-likeness (QED) is 0.569. The fourth-order valence-corrected chi connectivity index (χ4v) is 3.13. The molecule has 0 aliphatic heterocycles. The molecule has 0 spiro atoms. The number of hydrogen-bond donors (Lipinski definition) is 1. The van der Waals surface area contributed by atoms with Crippen LogP contribution >= 0.6 is 11.8 Å². The van der Waals surface area contributed by atoms with Crippen LogP contribution < -0.4 is 0 Å². The van der Waals surface area contributed by atoms with Gasteiger partial charge >= 0.3 is 0 Å². The van der Waals surface area contributed by atoms with E-state index in [9.17, 15) is 4.79 Å². The molecule has 0 atom stereocenters. The summed E-state index contributed by atoms with van der Waals surface area (Å²) in [5.41, 5.74) is 3.48. The molecule has 1 N–H and O–H groups in total. The normalized spacial score (nSPS) is 10.9. The first-order valence-electron chi connectivity index (χ1n) is 6.47. The highest BCUT2D eigenvalue weighted by Crippen LogP contribution is 2.28. The van der Waals surface area contributed by atoms with E-state index in [0.717, 1.165) is 32.6 Å². The van der Waals surface area contributed by atoms with Crippen molar-refractivity contribution in [2.45, 2.75) is 11.8 Å². The molecule has 1 heterocycles. The molecule has 0 aliphatic carbocycles. The lowest BCUT2D eigenvalue weighted by molar-refractivity contribution is 0.103. The number of H-pyrrole nitrogens is 1. The van der Waals surface area contributed by atoms with Gasteiger partial charge in [-0.1, -0.05) is 30.3 Å². The highest BCUT2D eigenvalue weighted by atomic mass is 32.2. The molecule has 0 saturated carbocycles. The van der Waals surface area contributed by atoms with Crippen LogP contribution in [0.15, 0.2) is 53.4 Å². The average Bonchev–Trinajstić information content (AvgIpc) is 2.82. The molecule has 0 saturated heterocycles. The van der Waals surface area contributed by atoms with E-state index >= 15 is 0 Å². The third-order valence-electron chi connectivity index (χ3n) is 3.47. The van der Waals surface area contributed by atoms with E-state index in [2.05, 4.69) is 4.98 Å². The number of fused-ring (bicyclic) bond motifs is 1. The van der Waals surface area contributed by atoms with E-state index in [4.69, 9.17) is 0 Å². The zero-order chi connectivity index (χ0) is 14.1. The molecule has 2 nitrogen and oxygen atoms in total. The number of nitrogens with one attached hydrogen (secondary N) is 1. The summed E-state index contributed by atoms with van der Waals surface area (Å²) < 4.78 is 0. The Morgan fingerprint density at radius 1 is 1.05 bits per heavy atom. The summed E-state index contributed by atoms with van der Waals surface area (Å²) >= 11 is 1.60. The number of hydrogen-bond acceptors (Lipinski definition) is 2. The van der Waals surface area contributed by atoms with Gasteiger partial charge in [-0.05, 0) is 31.4 Å². The van der Waals surface area contributed by atoms with Crippen LogP contribution in [0.25, 0.3) is 10.9 Å². The van der Waals surface area contributed by atoms with E-state index in [1.807, 2.05) is 61.7 Å². The van der Waals surface area contributed by atoms with Crippen molar-refractivity contribution in [2.75, 3.05) is 6.26 Å². The summed E-state index contributed by atoms with van der Waals surface area (Å²) in [5.74, 6) is 0.0879. The molecule has 0 unspecified atom stereocenters. The first kappa shape index (κ1) is 13.0. The molecule has 0 bridgehead atoms. The molecule has 3 rings (SSSR count). The second-order valence-electron chi connectivity index (χ2n) is 4.70. The summed E-state index contributed by atoms with van der Waals surface area (Å²) in [6, 6.07) is 15.7. The second-order valence-corrected chi connectivity index (χ2v) is 5.55. The Labute approximate surface area is 122 Å². The molecule has 0 fully saturated rings. The molecule has 0 amide bonds. The SMILES string of the molecule is CSc1ccccc1C(=O)c1c(C)[nH]c2ccccc12. The van der Waals surface area contributed by atoms with E-state index in [-0.39, 0.29) is 5.78 Å².